The number of alkyl halides is 2. The number of aromatic nitrogens is 3. The first kappa shape index (κ1) is 20.0. The monoisotopic (exact) mass is 427 g/mol. The van der Waals surface area contributed by atoms with Gasteiger partial charge in [0, 0.05) is 5.56 Å². The predicted molar refractivity (Wildman–Crippen MR) is 98.5 cm³/mol. The lowest BCUT2D eigenvalue weighted by molar-refractivity contribution is 0.0302. The van der Waals surface area contributed by atoms with Gasteiger partial charge in [0.05, 0.1) is 23.7 Å². The van der Waals surface area contributed by atoms with E-state index in [4.69, 9.17) is 27.9 Å². The van der Waals surface area contributed by atoms with E-state index < -0.39 is 28.8 Å². The van der Waals surface area contributed by atoms with Crippen LogP contribution < -0.4 is 4.74 Å². The largest absolute Gasteiger partial charge is 0.497 e. The Bertz CT molecular complexity index is 1020. The van der Waals surface area contributed by atoms with Crippen molar-refractivity contribution in [3.05, 3.63) is 75.0 Å². The summed E-state index contributed by atoms with van der Waals surface area (Å²) in [5.41, 5.74) is -1.62. The number of carboxylic acids is 1. The lowest BCUT2D eigenvalue weighted by atomic mass is 10.0. The predicted octanol–water partition coefficient (Wildman–Crippen LogP) is 4.48. The molecule has 0 spiro atoms. The quantitative estimate of drug-likeness (QED) is 0.627. The number of hydrogen-bond acceptors (Lipinski definition) is 4. The van der Waals surface area contributed by atoms with E-state index in [9.17, 15) is 9.90 Å². The summed E-state index contributed by atoms with van der Waals surface area (Å²) in [4.78, 5) is 11.5. The van der Waals surface area contributed by atoms with E-state index in [1.54, 1.807) is 24.3 Å². The number of aromatic carboxylic acids is 1. The number of methoxy groups -OCH3 is 1. The zero-order valence-electron chi connectivity index (χ0n) is 14.4. The van der Waals surface area contributed by atoms with Crippen molar-refractivity contribution in [2.24, 2.45) is 0 Å². The van der Waals surface area contributed by atoms with Gasteiger partial charge in [0.1, 0.15) is 11.4 Å². The normalized spacial score (nSPS) is 11.5. The van der Waals surface area contributed by atoms with Gasteiger partial charge in [-0.25, -0.2) is 9.48 Å². The Hall–Kier alpha value is -2.71. The Morgan fingerprint density at radius 3 is 2.43 bits per heavy atom. The average molecular weight is 428 g/mol. The molecule has 1 N–H and O–H groups in total. The van der Waals surface area contributed by atoms with Crippen LogP contribution in [0.3, 0.4) is 0 Å². The van der Waals surface area contributed by atoms with Gasteiger partial charge in [0.2, 0.25) is 0 Å². The fraction of sp³-hybridized carbons (Fsp3) is 0.167. The summed E-state index contributed by atoms with van der Waals surface area (Å²) < 4.78 is 36.4. The van der Waals surface area contributed by atoms with Gasteiger partial charge in [0.25, 0.3) is 0 Å². The minimum Gasteiger partial charge on any atom is -0.497 e. The highest BCUT2D eigenvalue weighted by atomic mass is 35.5. The lowest BCUT2D eigenvalue weighted by Crippen LogP contribution is -2.24. The van der Waals surface area contributed by atoms with Crippen molar-refractivity contribution < 1.29 is 23.4 Å². The molecule has 0 atom stereocenters. The second-order valence-corrected chi connectivity index (χ2v) is 6.62. The molecule has 1 heterocycles. The Kier molecular flexibility index (Phi) is 5.53. The van der Waals surface area contributed by atoms with Crippen LogP contribution in [0, 0.1) is 0 Å². The van der Waals surface area contributed by atoms with Crippen molar-refractivity contribution in [2.45, 2.75) is 12.5 Å². The maximum atomic E-state index is 15.3. The van der Waals surface area contributed by atoms with Crippen LogP contribution in [0.4, 0.5) is 8.78 Å². The first-order chi connectivity index (χ1) is 13.2. The van der Waals surface area contributed by atoms with Crippen LogP contribution in [0.25, 0.3) is 0 Å². The number of hydrogen-bond donors (Lipinski definition) is 1. The number of nitrogens with zero attached hydrogens (tertiary/aromatic N) is 3. The summed E-state index contributed by atoms with van der Waals surface area (Å²) in [6, 6.07) is 9.89. The highest BCUT2D eigenvalue weighted by Gasteiger charge is 2.43. The number of benzene rings is 2. The summed E-state index contributed by atoms with van der Waals surface area (Å²) >= 11 is 11.6. The summed E-state index contributed by atoms with van der Waals surface area (Å²) in [6.45, 7) is -0.115. The first-order valence-corrected chi connectivity index (χ1v) is 8.63. The zero-order valence-corrected chi connectivity index (χ0v) is 15.9. The van der Waals surface area contributed by atoms with Crippen LogP contribution in [0.1, 0.15) is 27.3 Å². The van der Waals surface area contributed by atoms with Crippen LogP contribution in [0.15, 0.2) is 42.5 Å². The SMILES string of the molecule is COc1ccc(Cn2nnc(C(=O)O)c2C(F)(F)c2ccc(Cl)c(Cl)c2)cc1. The Balaban J connectivity index is 2.08. The van der Waals surface area contributed by atoms with Crippen molar-refractivity contribution in [1.82, 2.24) is 15.0 Å². The van der Waals surface area contributed by atoms with E-state index in [2.05, 4.69) is 10.3 Å². The van der Waals surface area contributed by atoms with Gasteiger partial charge in [-0.05, 0) is 29.8 Å². The summed E-state index contributed by atoms with van der Waals surface area (Å²) in [5.74, 6) is -4.75. The molecule has 146 valence electrons. The number of halogens is 4. The highest BCUT2D eigenvalue weighted by molar-refractivity contribution is 6.42. The van der Waals surface area contributed by atoms with Crippen molar-refractivity contribution in [3.63, 3.8) is 0 Å². The second-order valence-electron chi connectivity index (χ2n) is 5.80. The molecule has 0 unspecified atom stereocenters. The molecule has 0 aliphatic rings. The molecule has 0 fully saturated rings. The third kappa shape index (κ3) is 3.79. The average Bonchev–Trinajstić information content (AvgIpc) is 3.09. The van der Waals surface area contributed by atoms with E-state index >= 15 is 8.78 Å². The Morgan fingerprint density at radius 1 is 1.18 bits per heavy atom. The minimum atomic E-state index is -3.72. The molecule has 0 aliphatic heterocycles. The number of rotatable bonds is 6. The van der Waals surface area contributed by atoms with E-state index in [0.717, 1.165) is 16.8 Å². The molecule has 0 saturated carbocycles. The van der Waals surface area contributed by atoms with Crippen molar-refractivity contribution in [3.8, 4) is 5.75 Å². The fourth-order valence-electron chi connectivity index (χ4n) is 2.61. The topological polar surface area (TPSA) is 77.2 Å². The molecule has 3 rings (SSSR count). The molecular weight excluding hydrogens is 415 g/mol. The van der Waals surface area contributed by atoms with Crippen molar-refractivity contribution in [1.29, 1.82) is 0 Å². The molecule has 0 aliphatic carbocycles. The number of ether oxygens (including phenoxy) is 1. The lowest BCUT2D eigenvalue weighted by Gasteiger charge is -2.19. The molecule has 6 nitrogen and oxygen atoms in total. The van der Waals surface area contributed by atoms with Crippen LogP contribution in [-0.4, -0.2) is 33.2 Å². The van der Waals surface area contributed by atoms with Gasteiger partial charge in [-0.15, -0.1) is 5.10 Å². The van der Waals surface area contributed by atoms with E-state index in [1.165, 1.54) is 13.2 Å². The van der Waals surface area contributed by atoms with Crippen LogP contribution in [0.5, 0.6) is 5.75 Å². The van der Waals surface area contributed by atoms with Gasteiger partial charge in [0.15, 0.2) is 5.69 Å². The molecule has 10 heteroatoms. The van der Waals surface area contributed by atoms with Gasteiger partial charge < -0.3 is 9.84 Å². The molecule has 0 amide bonds. The fourth-order valence-corrected chi connectivity index (χ4v) is 2.91. The molecule has 2 aromatic carbocycles. The molecule has 0 radical (unpaired) electrons. The third-order valence-corrected chi connectivity index (χ3v) is 4.75. The maximum Gasteiger partial charge on any atom is 0.358 e. The van der Waals surface area contributed by atoms with Crippen molar-refractivity contribution in [2.75, 3.05) is 7.11 Å². The van der Waals surface area contributed by atoms with E-state index in [1.807, 2.05) is 0 Å². The molecule has 3 aromatic rings. The second kappa shape index (κ2) is 7.73. The minimum absolute atomic E-state index is 0.0788. The van der Waals surface area contributed by atoms with E-state index in [0.29, 0.717) is 11.3 Å². The summed E-state index contributed by atoms with van der Waals surface area (Å²) in [6.07, 6.45) is 0. The van der Waals surface area contributed by atoms with E-state index in [-0.39, 0.29) is 16.6 Å². The van der Waals surface area contributed by atoms with Crippen LogP contribution in [-0.2, 0) is 12.5 Å². The van der Waals surface area contributed by atoms with Gasteiger partial charge in [-0.2, -0.15) is 8.78 Å². The van der Waals surface area contributed by atoms with Gasteiger partial charge >= 0.3 is 11.9 Å². The van der Waals surface area contributed by atoms with Crippen molar-refractivity contribution >= 4 is 29.2 Å². The molecular formula is C18H13Cl2F2N3O3. The summed E-state index contributed by atoms with van der Waals surface area (Å²) in [5, 5.41) is 16.4. The molecule has 0 saturated heterocycles. The Labute approximate surface area is 168 Å². The first-order valence-electron chi connectivity index (χ1n) is 7.87. The van der Waals surface area contributed by atoms with Crippen LogP contribution in [0.2, 0.25) is 10.0 Å². The number of carboxylic acid groups (broad SMARTS) is 1. The smallest absolute Gasteiger partial charge is 0.358 e. The van der Waals surface area contributed by atoms with Gasteiger partial charge in [-0.1, -0.05) is 46.6 Å². The highest BCUT2D eigenvalue weighted by Crippen LogP contribution is 2.39. The summed E-state index contributed by atoms with van der Waals surface area (Å²) in [7, 11) is 1.50. The van der Waals surface area contributed by atoms with Gasteiger partial charge in [-0.3, -0.25) is 0 Å². The molecule has 28 heavy (non-hydrogen) atoms. The maximum absolute atomic E-state index is 15.3. The Morgan fingerprint density at radius 2 is 1.86 bits per heavy atom. The molecule has 1 aromatic heterocycles. The zero-order chi connectivity index (χ0) is 20.5. The standard InChI is InChI=1S/C18H13Cl2F2N3O3/c1-28-12-5-2-10(3-6-12)9-25-16(15(17(26)27)23-24-25)18(21,22)11-4-7-13(19)14(20)8-11/h2-8H,9H2,1H3,(H,26,27). The number of carbonyl (C=O) groups is 1. The third-order valence-electron chi connectivity index (χ3n) is 4.01. The van der Waals surface area contributed by atoms with Crippen LogP contribution >= 0.6 is 23.2 Å². The molecule has 0 bridgehead atoms.